The molecule has 0 fully saturated rings. The van der Waals surface area contributed by atoms with Gasteiger partial charge in [0.15, 0.2) is 6.10 Å². The number of quaternary nitrogens is 1. The van der Waals surface area contributed by atoms with E-state index in [1.807, 2.05) is 21.1 Å². The van der Waals surface area contributed by atoms with Crippen molar-refractivity contribution in [1.29, 1.82) is 0 Å². The first kappa shape index (κ1) is 80.4. The van der Waals surface area contributed by atoms with Crippen molar-refractivity contribution in [3.8, 4) is 0 Å². The molecule has 9 heteroatoms. The van der Waals surface area contributed by atoms with Crippen molar-refractivity contribution >= 4 is 17.9 Å². The molecule has 0 aliphatic rings. The number of hydrogen-bond acceptors (Lipinski definition) is 7. The summed E-state index contributed by atoms with van der Waals surface area (Å²) >= 11 is 0. The summed E-state index contributed by atoms with van der Waals surface area (Å²) < 4.78 is 23.0. The van der Waals surface area contributed by atoms with Gasteiger partial charge in [-0.25, -0.2) is 4.79 Å². The number of carboxylic acids is 1. The molecule has 85 heavy (non-hydrogen) atoms. The molecule has 0 aliphatic carbocycles. The van der Waals surface area contributed by atoms with Crippen LogP contribution in [-0.2, 0) is 33.3 Å². The third-order valence-electron chi connectivity index (χ3n) is 14.4. The standard InChI is InChI=1S/C76H127NO8/c1-6-8-10-12-14-16-18-20-22-24-26-28-30-32-33-34-35-36-37-38-39-40-41-43-45-47-49-51-53-55-57-59-61-63-65-67-74(79)85-72(71-84-76(75(80)81)82-69-68-77(3,4)5)70-83-73(78)66-64-62-60-58-56-54-52-50-48-46-44-42-31-29-27-25-23-21-19-17-15-13-11-9-7-2/h8-11,14-17,20-23,26-29,32-33,35-36,38-39,72,76H,6-7,12-13,18-19,24-25,30-31,34,37,40-71H2,1-5H3/p+1/b10-8-,11-9-,16-14-,17-15-,22-20-,23-21-,28-26-,29-27-,33-32-,36-35-,39-38-. The molecular formula is C76H128NO8+. The molecule has 484 valence electrons. The zero-order valence-electron chi connectivity index (χ0n) is 55.2. The molecule has 2 unspecified atom stereocenters. The lowest BCUT2D eigenvalue weighted by molar-refractivity contribution is -0.870. The van der Waals surface area contributed by atoms with E-state index in [0.717, 1.165) is 109 Å². The summed E-state index contributed by atoms with van der Waals surface area (Å²) in [7, 11) is 5.97. The monoisotopic (exact) mass is 1180 g/mol. The Labute approximate surface area is 522 Å². The van der Waals surface area contributed by atoms with E-state index in [4.69, 9.17) is 18.9 Å². The van der Waals surface area contributed by atoms with Crippen LogP contribution in [-0.4, -0.2) is 87.4 Å². The van der Waals surface area contributed by atoms with Gasteiger partial charge >= 0.3 is 17.9 Å². The van der Waals surface area contributed by atoms with E-state index < -0.39 is 24.3 Å². The number of likely N-dealkylation sites (N-methyl/N-ethyl adjacent to an activating group) is 1. The minimum Gasteiger partial charge on any atom is -0.477 e. The second kappa shape index (κ2) is 65.4. The predicted molar refractivity (Wildman–Crippen MR) is 364 cm³/mol. The van der Waals surface area contributed by atoms with Gasteiger partial charge in [-0.2, -0.15) is 0 Å². The van der Waals surface area contributed by atoms with Gasteiger partial charge in [-0.3, -0.25) is 9.59 Å². The van der Waals surface area contributed by atoms with Gasteiger partial charge in [0.2, 0.25) is 0 Å². The van der Waals surface area contributed by atoms with E-state index in [-0.39, 0.29) is 32.2 Å². The van der Waals surface area contributed by atoms with Crippen LogP contribution in [0.5, 0.6) is 0 Å². The molecule has 0 radical (unpaired) electrons. The summed E-state index contributed by atoms with van der Waals surface area (Å²) in [6.45, 7) is 4.66. The molecule has 2 atom stereocenters. The van der Waals surface area contributed by atoms with Gasteiger partial charge in [-0.05, 0) is 109 Å². The van der Waals surface area contributed by atoms with Crippen LogP contribution < -0.4 is 0 Å². The highest BCUT2D eigenvalue weighted by Gasteiger charge is 2.25. The maximum atomic E-state index is 12.9. The molecular weight excluding hydrogens is 1050 g/mol. The van der Waals surface area contributed by atoms with Gasteiger partial charge < -0.3 is 28.5 Å². The van der Waals surface area contributed by atoms with E-state index in [9.17, 15) is 19.5 Å². The molecule has 0 aromatic heterocycles. The topological polar surface area (TPSA) is 108 Å². The average Bonchev–Trinajstić information content (AvgIpc) is 3.48. The number of rotatable bonds is 62. The van der Waals surface area contributed by atoms with Crippen LogP contribution in [0.1, 0.15) is 271 Å². The number of hydrogen-bond donors (Lipinski definition) is 1. The molecule has 0 rings (SSSR count). The van der Waals surface area contributed by atoms with Gasteiger partial charge in [0.1, 0.15) is 13.2 Å². The van der Waals surface area contributed by atoms with Crippen molar-refractivity contribution in [3.05, 3.63) is 134 Å². The summed E-state index contributed by atoms with van der Waals surface area (Å²) in [5.74, 6) is -2.01. The lowest BCUT2D eigenvalue weighted by Crippen LogP contribution is -2.40. The molecule has 0 amide bonds. The Bertz CT molecular complexity index is 1860. The number of ether oxygens (including phenoxy) is 4. The number of unbranched alkanes of at least 4 members (excludes halogenated alkanes) is 25. The van der Waals surface area contributed by atoms with Crippen LogP contribution in [0.4, 0.5) is 0 Å². The van der Waals surface area contributed by atoms with Crippen molar-refractivity contribution in [1.82, 2.24) is 0 Å². The summed E-state index contributed by atoms with van der Waals surface area (Å²) in [4.78, 5) is 37.6. The first-order valence-corrected chi connectivity index (χ1v) is 34.3. The van der Waals surface area contributed by atoms with E-state index in [0.29, 0.717) is 23.9 Å². The largest absolute Gasteiger partial charge is 0.477 e. The maximum Gasteiger partial charge on any atom is 0.361 e. The van der Waals surface area contributed by atoms with Crippen LogP contribution in [0.2, 0.25) is 0 Å². The molecule has 0 aromatic rings. The molecule has 0 bridgehead atoms. The van der Waals surface area contributed by atoms with Gasteiger partial charge in [-0.15, -0.1) is 0 Å². The van der Waals surface area contributed by atoms with Gasteiger partial charge in [0.25, 0.3) is 6.29 Å². The van der Waals surface area contributed by atoms with Crippen LogP contribution in [0.3, 0.4) is 0 Å². The minimum absolute atomic E-state index is 0.182. The maximum absolute atomic E-state index is 12.9. The number of esters is 2. The first-order chi connectivity index (χ1) is 41.6. The summed E-state index contributed by atoms with van der Waals surface area (Å²) in [6, 6.07) is 0. The molecule has 0 heterocycles. The zero-order valence-corrected chi connectivity index (χ0v) is 55.2. The smallest absolute Gasteiger partial charge is 0.361 e. The number of carbonyl (C=O) groups is 3. The highest BCUT2D eigenvalue weighted by molar-refractivity contribution is 5.71. The fraction of sp³-hybridized carbons (Fsp3) is 0.671. The van der Waals surface area contributed by atoms with Crippen molar-refractivity contribution in [3.63, 3.8) is 0 Å². The van der Waals surface area contributed by atoms with Crippen LogP contribution in [0.25, 0.3) is 0 Å². The van der Waals surface area contributed by atoms with Crippen molar-refractivity contribution < 1.29 is 42.9 Å². The fourth-order valence-corrected chi connectivity index (χ4v) is 9.22. The molecule has 1 N–H and O–H groups in total. The first-order valence-electron chi connectivity index (χ1n) is 34.3. The molecule has 0 saturated carbocycles. The minimum atomic E-state index is -1.52. The SMILES string of the molecule is CC/C=C\C/C=C\C/C=C\C/C=C\C/C=C\C/C=C\C/C=C\CCCCCCCCCCCCCCCC(=O)OC(COC(=O)CCCCCCCCCCCCCC/C=C\C/C=C\C/C=C\C/C=C\CC)COC(OCC[N+](C)(C)C)C(=O)O. The van der Waals surface area contributed by atoms with E-state index >= 15 is 0 Å². The highest BCUT2D eigenvalue weighted by atomic mass is 16.7. The van der Waals surface area contributed by atoms with Gasteiger partial charge in [0, 0.05) is 12.8 Å². The van der Waals surface area contributed by atoms with Crippen molar-refractivity contribution in [2.75, 3.05) is 47.5 Å². The Morgan fingerprint density at radius 1 is 0.353 bits per heavy atom. The normalized spacial score (nSPS) is 13.6. The molecule has 0 spiro atoms. The van der Waals surface area contributed by atoms with Crippen LogP contribution in [0.15, 0.2) is 134 Å². The van der Waals surface area contributed by atoms with Gasteiger partial charge in [0.05, 0.1) is 34.4 Å². The Kier molecular flexibility index (Phi) is 61.9. The second-order valence-electron chi connectivity index (χ2n) is 23.7. The highest BCUT2D eigenvalue weighted by Crippen LogP contribution is 2.17. The van der Waals surface area contributed by atoms with E-state index in [2.05, 4.69) is 148 Å². The van der Waals surface area contributed by atoms with Crippen molar-refractivity contribution in [2.45, 2.75) is 283 Å². The number of nitrogens with zero attached hydrogens (tertiary/aromatic N) is 1. The quantitative estimate of drug-likeness (QED) is 0.0211. The Balaban J connectivity index is 4.15. The summed E-state index contributed by atoms with van der Waals surface area (Å²) in [5.41, 5.74) is 0. The Morgan fingerprint density at radius 3 is 0.941 bits per heavy atom. The second-order valence-corrected chi connectivity index (χ2v) is 23.7. The lowest BCUT2D eigenvalue weighted by atomic mass is 10.0. The third kappa shape index (κ3) is 66.8. The number of allylic oxidation sites excluding steroid dienone is 22. The zero-order chi connectivity index (χ0) is 61.9. The van der Waals surface area contributed by atoms with Crippen LogP contribution >= 0.6 is 0 Å². The third-order valence-corrected chi connectivity index (χ3v) is 14.4. The molecule has 9 nitrogen and oxygen atoms in total. The molecule has 0 aromatic carbocycles. The Hall–Kier alpha value is -4.57. The number of aliphatic carboxylic acids is 1. The van der Waals surface area contributed by atoms with Crippen LogP contribution in [0, 0.1) is 0 Å². The average molecular weight is 1180 g/mol. The Morgan fingerprint density at radius 2 is 0.635 bits per heavy atom. The van der Waals surface area contributed by atoms with E-state index in [1.54, 1.807) is 0 Å². The van der Waals surface area contributed by atoms with E-state index in [1.165, 1.54) is 128 Å². The summed E-state index contributed by atoms with van der Waals surface area (Å²) in [6.07, 6.45) is 91.2. The number of carbonyl (C=O) groups excluding carboxylic acids is 2. The fourth-order valence-electron chi connectivity index (χ4n) is 9.22. The molecule has 0 aliphatic heterocycles. The summed E-state index contributed by atoms with van der Waals surface area (Å²) in [5, 5.41) is 9.75. The van der Waals surface area contributed by atoms with Gasteiger partial charge in [-0.1, -0.05) is 282 Å². The van der Waals surface area contributed by atoms with Crippen molar-refractivity contribution in [2.24, 2.45) is 0 Å². The molecule has 0 saturated heterocycles. The number of carboxylic acid groups (broad SMARTS) is 1. The predicted octanol–water partition coefficient (Wildman–Crippen LogP) is 21.4. The lowest BCUT2D eigenvalue weighted by Gasteiger charge is -2.25.